The molecule has 7 heteroatoms. The fourth-order valence-electron chi connectivity index (χ4n) is 3.33. The van der Waals surface area contributed by atoms with Crippen LogP contribution in [0.15, 0.2) is 52.9 Å². The zero-order valence-electron chi connectivity index (χ0n) is 12.9. The molecule has 1 aromatic heterocycles. The number of hydrazine groups is 1. The molecule has 1 aromatic carbocycles. The molecule has 0 spiro atoms. The first-order valence-corrected chi connectivity index (χ1v) is 7.62. The normalized spacial score (nSPS) is 26.1. The highest BCUT2D eigenvalue weighted by molar-refractivity contribution is 6.19. The first-order valence-electron chi connectivity index (χ1n) is 7.62. The van der Waals surface area contributed by atoms with Gasteiger partial charge in [-0.25, -0.2) is 15.4 Å². The van der Waals surface area contributed by atoms with E-state index in [1.165, 1.54) is 17.5 Å². The molecule has 2 N–H and O–H groups in total. The lowest BCUT2D eigenvalue weighted by molar-refractivity contribution is -0.130. The van der Waals surface area contributed by atoms with Crippen molar-refractivity contribution in [2.24, 2.45) is 0 Å². The van der Waals surface area contributed by atoms with Gasteiger partial charge in [-0.2, -0.15) is 5.26 Å². The predicted octanol–water partition coefficient (Wildman–Crippen LogP) is 1.36. The third-order valence-corrected chi connectivity index (χ3v) is 4.40. The van der Waals surface area contributed by atoms with Crippen molar-refractivity contribution in [3.8, 4) is 6.07 Å². The highest BCUT2D eigenvalue weighted by atomic mass is 16.3. The number of benzene rings is 1. The fourth-order valence-corrected chi connectivity index (χ4v) is 3.33. The van der Waals surface area contributed by atoms with Gasteiger partial charge in [0.25, 0.3) is 5.91 Å². The lowest BCUT2D eigenvalue weighted by atomic mass is 9.90. The molecule has 7 nitrogen and oxygen atoms in total. The summed E-state index contributed by atoms with van der Waals surface area (Å²) >= 11 is 0. The third kappa shape index (κ3) is 2.08. The molecule has 0 bridgehead atoms. The first-order chi connectivity index (χ1) is 11.7. The van der Waals surface area contributed by atoms with Gasteiger partial charge in [-0.1, -0.05) is 30.3 Å². The van der Waals surface area contributed by atoms with E-state index in [-0.39, 0.29) is 23.9 Å². The first kappa shape index (κ1) is 14.5. The number of aromatic nitrogens is 1. The molecule has 1 saturated heterocycles. The van der Waals surface area contributed by atoms with Crippen molar-refractivity contribution < 1.29 is 9.21 Å². The van der Waals surface area contributed by atoms with Crippen molar-refractivity contribution in [1.82, 2.24) is 20.7 Å². The minimum absolute atomic E-state index is 0.179. The van der Waals surface area contributed by atoms with Crippen molar-refractivity contribution in [3.05, 3.63) is 59.9 Å². The second-order valence-corrected chi connectivity index (χ2v) is 5.77. The highest BCUT2D eigenvalue weighted by Gasteiger charge is 2.49. The molecule has 1 amide bonds. The van der Waals surface area contributed by atoms with E-state index in [2.05, 4.69) is 21.8 Å². The number of oxazole rings is 1. The predicted molar refractivity (Wildman–Crippen MR) is 84.6 cm³/mol. The van der Waals surface area contributed by atoms with Gasteiger partial charge in [-0.15, -0.1) is 0 Å². The van der Waals surface area contributed by atoms with Gasteiger partial charge >= 0.3 is 0 Å². The fraction of sp³-hybridized carbons (Fsp3) is 0.235. The molecule has 3 unspecified atom stereocenters. The van der Waals surface area contributed by atoms with E-state index in [1.807, 2.05) is 37.3 Å². The maximum atomic E-state index is 12.9. The Labute approximate surface area is 138 Å². The smallest absolute Gasteiger partial charge is 0.277 e. The van der Waals surface area contributed by atoms with Gasteiger partial charge in [0.2, 0.25) is 5.89 Å². The topological polar surface area (TPSA) is 94.2 Å². The minimum atomic E-state index is -0.509. The summed E-state index contributed by atoms with van der Waals surface area (Å²) in [5, 5.41) is 14.3. The maximum Gasteiger partial charge on any atom is 0.277 e. The van der Waals surface area contributed by atoms with Crippen LogP contribution in [0.5, 0.6) is 0 Å². The highest BCUT2D eigenvalue weighted by Crippen LogP contribution is 2.36. The van der Waals surface area contributed by atoms with Crippen LogP contribution >= 0.6 is 0 Å². The van der Waals surface area contributed by atoms with Gasteiger partial charge in [-0.3, -0.25) is 4.79 Å². The average molecular weight is 321 g/mol. The van der Waals surface area contributed by atoms with Crippen LogP contribution in [0.2, 0.25) is 0 Å². The van der Waals surface area contributed by atoms with Crippen LogP contribution in [-0.4, -0.2) is 28.1 Å². The molecule has 120 valence electrons. The maximum absolute atomic E-state index is 12.9. The summed E-state index contributed by atoms with van der Waals surface area (Å²) in [7, 11) is 0. The van der Waals surface area contributed by atoms with E-state index in [9.17, 15) is 10.1 Å². The van der Waals surface area contributed by atoms with Crippen LogP contribution < -0.4 is 10.7 Å². The Kier molecular flexibility index (Phi) is 3.32. The quantitative estimate of drug-likeness (QED) is 0.867. The average Bonchev–Trinajstić information content (AvgIpc) is 3.23. The van der Waals surface area contributed by atoms with Crippen LogP contribution in [0.25, 0.3) is 5.57 Å². The van der Waals surface area contributed by atoms with Crippen molar-refractivity contribution in [2.75, 3.05) is 0 Å². The number of carbonyl (C=O) groups is 1. The van der Waals surface area contributed by atoms with E-state index in [4.69, 9.17) is 4.42 Å². The molecule has 0 aliphatic carbocycles. The largest absolute Gasteiger partial charge is 0.444 e. The van der Waals surface area contributed by atoms with Crippen LogP contribution in [-0.2, 0) is 4.79 Å². The minimum Gasteiger partial charge on any atom is -0.444 e. The molecule has 1 fully saturated rings. The molecule has 2 aliphatic rings. The molecule has 24 heavy (non-hydrogen) atoms. The SMILES string of the molecule is CC1=C(c2ncco2)C(=O)N2NC(C#N)C(c3ccccc3)C2N1. The monoisotopic (exact) mass is 321 g/mol. The summed E-state index contributed by atoms with van der Waals surface area (Å²) in [6.07, 6.45) is 2.58. The Balaban J connectivity index is 1.76. The van der Waals surface area contributed by atoms with E-state index in [1.54, 1.807) is 0 Å². The Morgan fingerprint density at radius 1 is 1.33 bits per heavy atom. The Bertz CT molecular complexity index is 838. The second kappa shape index (κ2) is 5.51. The summed E-state index contributed by atoms with van der Waals surface area (Å²) in [5.74, 6) is -0.166. The molecular formula is C17H15N5O2. The van der Waals surface area contributed by atoms with E-state index < -0.39 is 6.04 Å². The number of hydrogen-bond acceptors (Lipinski definition) is 6. The van der Waals surface area contributed by atoms with E-state index in [0.29, 0.717) is 11.3 Å². The van der Waals surface area contributed by atoms with Gasteiger partial charge in [0.05, 0.1) is 18.2 Å². The third-order valence-electron chi connectivity index (χ3n) is 4.40. The summed E-state index contributed by atoms with van der Waals surface area (Å²) in [6, 6.07) is 11.5. The van der Waals surface area contributed by atoms with Crippen molar-refractivity contribution in [3.63, 3.8) is 0 Å². The van der Waals surface area contributed by atoms with Gasteiger partial charge in [0, 0.05) is 5.70 Å². The van der Waals surface area contributed by atoms with Crippen LogP contribution in [0.4, 0.5) is 0 Å². The molecular weight excluding hydrogens is 306 g/mol. The van der Waals surface area contributed by atoms with Crippen molar-refractivity contribution in [2.45, 2.75) is 25.0 Å². The number of hydrogen-bond donors (Lipinski definition) is 2. The molecule has 4 rings (SSSR count). The summed E-state index contributed by atoms with van der Waals surface area (Å²) in [5.41, 5.74) is 5.06. The number of rotatable bonds is 2. The zero-order chi connectivity index (χ0) is 16.7. The Morgan fingerprint density at radius 2 is 2.12 bits per heavy atom. The van der Waals surface area contributed by atoms with Crippen molar-refractivity contribution in [1.29, 1.82) is 5.26 Å². The molecule has 2 aromatic rings. The molecule has 0 radical (unpaired) electrons. The zero-order valence-corrected chi connectivity index (χ0v) is 12.9. The van der Waals surface area contributed by atoms with Gasteiger partial charge in [0.1, 0.15) is 24.0 Å². The number of nitrogens with zero attached hydrogens (tertiary/aromatic N) is 3. The Hall–Kier alpha value is -3.11. The van der Waals surface area contributed by atoms with Gasteiger partial charge in [0.15, 0.2) is 0 Å². The molecule has 3 atom stereocenters. The number of nitriles is 1. The standard InChI is InChI=1S/C17H15N5O2/c1-10-13(16-19-7-8-24-16)17(23)22-15(20-10)14(12(9-18)21-22)11-5-3-2-4-6-11/h2-8,12,14-15,20-21H,1H3. The van der Waals surface area contributed by atoms with E-state index in [0.717, 1.165) is 5.56 Å². The van der Waals surface area contributed by atoms with Gasteiger partial charge in [-0.05, 0) is 12.5 Å². The van der Waals surface area contributed by atoms with Crippen LogP contribution in [0.3, 0.4) is 0 Å². The van der Waals surface area contributed by atoms with E-state index >= 15 is 0 Å². The van der Waals surface area contributed by atoms with Gasteiger partial charge < -0.3 is 9.73 Å². The second-order valence-electron chi connectivity index (χ2n) is 5.77. The molecule has 0 saturated carbocycles. The van der Waals surface area contributed by atoms with Crippen molar-refractivity contribution >= 4 is 11.5 Å². The molecule has 2 aliphatic heterocycles. The number of carbonyl (C=O) groups excluding carboxylic acids is 1. The molecule has 3 heterocycles. The number of amides is 1. The summed E-state index contributed by atoms with van der Waals surface area (Å²) in [4.78, 5) is 17.0. The number of nitrogens with one attached hydrogen (secondary N) is 2. The number of fused-ring (bicyclic) bond motifs is 1. The number of allylic oxidation sites excluding steroid dienone is 1. The lowest BCUT2D eigenvalue weighted by Crippen LogP contribution is -2.54. The van der Waals surface area contributed by atoms with Crippen LogP contribution in [0.1, 0.15) is 24.3 Å². The summed E-state index contributed by atoms with van der Waals surface area (Å²) < 4.78 is 5.28. The lowest BCUT2D eigenvalue weighted by Gasteiger charge is -2.34. The van der Waals surface area contributed by atoms with Crippen LogP contribution in [0, 0.1) is 11.3 Å². The Morgan fingerprint density at radius 3 is 2.79 bits per heavy atom. The summed E-state index contributed by atoms with van der Waals surface area (Å²) in [6.45, 7) is 1.82.